The van der Waals surface area contributed by atoms with Crippen molar-refractivity contribution in [2.45, 2.75) is 100 Å². The summed E-state index contributed by atoms with van der Waals surface area (Å²) in [5.41, 5.74) is 0. The predicted molar refractivity (Wildman–Crippen MR) is 100 cm³/mol. The fourth-order valence-electron chi connectivity index (χ4n) is 2.54. The van der Waals surface area contributed by atoms with Gasteiger partial charge < -0.3 is 0 Å². The first-order chi connectivity index (χ1) is 10.1. The second-order valence-electron chi connectivity index (χ2n) is 6.00. The maximum absolute atomic E-state index is 5.72. The zero-order valence-corrected chi connectivity index (χ0v) is 16.3. The molecule has 0 aromatic carbocycles. The molecule has 0 aliphatic heterocycles. The first kappa shape index (κ1) is 22.2. The molecule has 0 saturated heterocycles. The molecule has 0 aliphatic rings. The molecule has 0 heterocycles. The summed E-state index contributed by atoms with van der Waals surface area (Å²) in [6.07, 6.45) is 19.1. The van der Waals surface area contributed by atoms with E-state index in [4.69, 9.17) is 46.4 Å². The minimum absolute atomic E-state index is 0.683. The molecule has 0 N–H and O–H groups in total. The minimum atomic E-state index is -1.05. The number of unbranched alkanes of at least 4 members (excludes halogenated alkanes) is 13. The van der Waals surface area contributed by atoms with Gasteiger partial charge >= 0.3 is 0 Å². The maximum atomic E-state index is 5.72. The lowest BCUT2D eigenvalue weighted by Gasteiger charge is -2.09. The van der Waals surface area contributed by atoms with Gasteiger partial charge in [-0.3, -0.25) is 0 Å². The molecule has 0 amide bonds. The Morgan fingerprint density at radius 1 is 0.429 bits per heavy atom. The summed E-state index contributed by atoms with van der Waals surface area (Å²) in [6, 6.07) is 0. The Morgan fingerprint density at radius 3 is 1.00 bits per heavy atom. The number of hydrogen-bond donors (Lipinski definition) is 0. The third kappa shape index (κ3) is 21.2. The van der Waals surface area contributed by atoms with E-state index in [0.29, 0.717) is 6.42 Å². The van der Waals surface area contributed by atoms with Crippen molar-refractivity contribution >= 4 is 46.4 Å². The van der Waals surface area contributed by atoms with Crippen LogP contribution in [0.4, 0.5) is 0 Å². The molecular weight excluding hydrogens is 346 g/mol. The molecule has 0 spiro atoms. The zero-order chi connectivity index (χ0) is 15.8. The smallest absolute Gasteiger partial charge is 0.127 e. The number of rotatable bonds is 15. The van der Waals surface area contributed by atoms with Crippen molar-refractivity contribution in [2.75, 3.05) is 5.88 Å². The van der Waals surface area contributed by atoms with Crippen LogP contribution in [0.25, 0.3) is 0 Å². The van der Waals surface area contributed by atoms with Crippen LogP contribution in [0.5, 0.6) is 0 Å². The summed E-state index contributed by atoms with van der Waals surface area (Å²) in [5.74, 6) is 0.824. The molecule has 0 bridgehead atoms. The average molecular weight is 378 g/mol. The molecule has 0 rings (SSSR count). The van der Waals surface area contributed by atoms with Crippen molar-refractivity contribution < 1.29 is 0 Å². The van der Waals surface area contributed by atoms with Gasteiger partial charge in [0.1, 0.15) is 0 Å². The fourth-order valence-corrected chi connectivity index (χ4v) is 3.13. The van der Waals surface area contributed by atoms with Gasteiger partial charge in [0.05, 0.1) is 0 Å². The number of hydrogen-bond acceptors (Lipinski definition) is 0. The van der Waals surface area contributed by atoms with Gasteiger partial charge in [0.15, 0.2) is 3.79 Å². The zero-order valence-electron chi connectivity index (χ0n) is 13.3. The van der Waals surface area contributed by atoms with Gasteiger partial charge in [-0.05, 0) is 19.3 Å². The Labute approximate surface area is 152 Å². The molecule has 0 radical (unpaired) electrons. The van der Waals surface area contributed by atoms with E-state index in [9.17, 15) is 0 Å². The molecule has 0 unspecified atom stereocenters. The molecule has 0 aromatic heterocycles. The van der Waals surface area contributed by atoms with Crippen LogP contribution < -0.4 is 0 Å². The van der Waals surface area contributed by atoms with Crippen LogP contribution in [-0.4, -0.2) is 9.67 Å². The molecule has 0 aliphatic carbocycles. The first-order valence-corrected chi connectivity index (χ1v) is 10.4. The van der Waals surface area contributed by atoms with Gasteiger partial charge in [-0.2, -0.15) is 0 Å². The van der Waals surface area contributed by atoms with E-state index in [1.165, 1.54) is 83.5 Å². The van der Waals surface area contributed by atoms with E-state index in [-0.39, 0.29) is 0 Å². The first-order valence-electron chi connectivity index (χ1n) is 8.69. The normalized spacial score (nSPS) is 12.0. The Kier molecular flexibility index (Phi) is 16.9. The van der Waals surface area contributed by atoms with Crippen molar-refractivity contribution in [2.24, 2.45) is 0 Å². The van der Waals surface area contributed by atoms with Crippen LogP contribution in [-0.2, 0) is 0 Å². The molecule has 0 nitrogen and oxygen atoms in total. The van der Waals surface area contributed by atoms with Gasteiger partial charge in [0.25, 0.3) is 0 Å². The highest BCUT2D eigenvalue weighted by molar-refractivity contribution is 6.67. The van der Waals surface area contributed by atoms with E-state index < -0.39 is 3.79 Å². The average Bonchev–Trinajstić information content (AvgIpc) is 2.42. The van der Waals surface area contributed by atoms with Crippen LogP contribution in [0.1, 0.15) is 96.3 Å². The van der Waals surface area contributed by atoms with Crippen LogP contribution >= 0.6 is 46.4 Å². The Morgan fingerprint density at radius 2 is 0.714 bits per heavy atom. The second-order valence-corrected chi connectivity index (χ2v) is 8.90. The molecule has 0 fully saturated rings. The van der Waals surface area contributed by atoms with Crippen molar-refractivity contribution in [1.82, 2.24) is 0 Å². The van der Waals surface area contributed by atoms with Gasteiger partial charge in [0.2, 0.25) is 0 Å². The van der Waals surface area contributed by atoms with Gasteiger partial charge in [-0.15, -0.1) is 11.6 Å². The number of halogens is 4. The van der Waals surface area contributed by atoms with Crippen LogP contribution in [0.3, 0.4) is 0 Å². The highest BCUT2D eigenvalue weighted by Crippen LogP contribution is 2.32. The maximum Gasteiger partial charge on any atom is 0.190 e. The molecule has 4 heteroatoms. The summed E-state index contributed by atoms with van der Waals surface area (Å²) in [7, 11) is 0. The SMILES string of the molecule is ClCCCCCCCCCCCCCCCCC(Cl)(Cl)Cl. The predicted octanol–water partition coefficient (Wildman–Crippen LogP) is 8.45. The van der Waals surface area contributed by atoms with Crippen molar-refractivity contribution in [3.05, 3.63) is 0 Å². The minimum Gasteiger partial charge on any atom is -0.127 e. The Balaban J connectivity index is 3.00. The molecule has 0 atom stereocenters. The second kappa shape index (κ2) is 16.0. The quantitative estimate of drug-likeness (QED) is 0.198. The monoisotopic (exact) mass is 376 g/mol. The van der Waals surface area contributed by atoms with Crippen LogP contribution in [0.2, 0.25) is 0 Å². The highest BCUT2D eigenvalue weighted by atomic mass is 35.6. The van der Waals surface area contributed by atoms with Crippen molar-refractivity contribution in [1.29, 1.82) is 0 Å². The molecule has 21 heavy (non-hydrogen) atoms. The Bertz CT molecular complexity index is 201. The van der Waals surface area contributed by atoms with E-state index >= 15 is 0 Å². The number of alkyl halides is 4. The molecular formula is C17H32Cl4. The summed E-state index contributed by atoms with van der Waals surface area (Å²) >= 11 is 22.8. The summed E-state index contributed by atoms with van der Waals surface area (Å²) in [5, 5.41) is 0. The largest absolute Gasteiger partial charge is 0.190 e. The molecule has 0 aromatic rings. The van der Waals surface area contributed by atoms with Gasteiger partial charge in [-0.1, -0.05) is 112 Å². The van der Waals surface area contributed by atoms with E-state index in [0.717, 1.165) is 12.3 Å². The lowest BCUT2D eigenvalue weighted by molar-refractivity contribution is 0.533. The van der Waals surface area contributed by atoms with Crippen LogP contribution in [0.15, 0.2) is 0 Å². The van der Waals surface area contributed by atoms with Crippen molar-refractivity contribution in [3.8, 4) is 0 Å². The van der Waals surface area contributed by atoms with E-state index in [1.807, 2.05) is 0 Å². The Hall–Kier alpha value is 1.16. The summed E-state index contributed by atoms with van der Waals surface area (Å²) in [4.78, 5) is 0. The van der Waals surface area contributed by atoms with Crippen molar-refractivity contribution in [3.63, 3.8) is 0 Å². The highest BCUT2D eigenvalue weighted by Gasteiger charge is 2.17. The standard InChI is InChI=1S/C17H32Cl4/c18-16-14-12-10-8-6-4-2-1-3-5-7-9-11-13-15-17(19,20)21/h1-16H2. The lowest BCUT2D eigenvalue weighted by Crippen LogP contribution is -2.00. The van der Waals surface area contributed by atoms with Crippen LogP contribution in [0, 0.1) is 0 Å². The molecule has 0 saturated carbocycles. The van der Waals surface area contributed by atoms with Gasteiger partial charge in [-0.25, -0.2) is 0 Å². The fraction of sp³-hybridized carbons (Fsp3) is 1.00. The van der Waals surface area contributed by atoms with E-state index in [1.54, 1.807) is 0 Å². The molecule has 128 valence electrons. The van der Waals surface area contributed by atoms with Gasteiger partial charge in [0, 0.05) is 5.88 Å². The summed E-state index contributed by atoms with van der Waals surface area (Å²) in [6.45, 7) is 0. The van der Waals surface area contributed by atoms with E-state index in [2.05, 4.69) is 0 Å². The summed E-state index contributed by atoms with van der Waals surface area (Å²) < 4.78 is -1.05. The third-order valence-corrected chi connectivity index (χ3v) is 4.68. The third-order valence-electron chi connectivity index (χ3n) is 3.84. The lowest BCUT2D eigenvalue weighted by atomic mass is 10.0. The topological polar surface area (TPSA) is 0 Å².